The van der Waals surface area contributed by atoms with E-state index < -0.39 is 23.7 Å². The van der Waals surface area contributed by atoms with Crippen molar-refractivity contribution in [3.05, 3.63) is 73.1 Å². The highest BCUT2D eigenvalue weighted by molar-refractivity contribution is 9.10. The summed E-state index contributed by atoms with van der Waals surface area (Å²) >= 11 is 7.84. The second-order valence-corrected chi connectivity index (χ2v) is 9.95. The molecule has 0 saturated heterocycles. The molecule has 1 heterocycles. The molecule has 2 aromatic carbocycles. The third-order valence-corrected chi connectivity index (χ3v) is 7.10. The standard InChI is InChI=1S/C23H19Br2N3O4S/c1-12-6-7-17(16(25)8-12)27-18(29)11-33-22-15(10-26)19(13-4-3-5-14(24)9-13)20(21(30)28-22)23(31)32-2/h3-9,19-20H,11H2,1-2H3,(H,27,29)(H,28,30)/t19-,20-/m0/s1. The van der Waals surface area contributed by atoms with E-state index in [-0.39, 0.29) is 22.3 Å². The number of anilines is 1. The van der Waals surface area contributed by atoms with Crippen molar-refractivity contribution < 1.29 is 19.1 Å². The zero-order valence-electron chi connectivity index (χ0n) is 17.6. The van der Waals surface area contributed by atoms with E-state index in [1.165, 1.54) is 7.11 Å². The van der Waals surface area contributed by atoms with Gasteiger partial charge in [0.2, 0.25) is 11.8 Å². The maximum absolute atomic E-state index is 12.9. The molecule has 7 nitrogen and oxygen atoms in total. The molecule has 0 fully saturated rings. The molecule has 1 aliphatic heterocycles. The Bertz CT molecular complexity index is 1190. The molecular weight excluding hydrogens is 574 g/mol. The highest BCUT2D eigenvalue weighted by atomic mass is 79.9. The fraction of sp³-hybridized carbons (Fsp3) is 0.217. The summed E-state index contributed by atoms with van der Waals surface area (Å²) in [6.45, 7) is 1.94. The maximum atomic E-state index is 12.9. The quantitative estimate of drug-likeness (QED) is 0.374. The molecule has 0 spiro atoms. The van der Waals surface area contributed by atoms with Crippen molar-refractivity contribution in [2.24, 2.45) is 5.92 Å². The van der Waals surface area contributed by atoms with E-state index in [0.717, 1.165) is 26.3 Å². The molecule has 0 saturated carbocycles. The van der Waals surface area contributed by atoms with Gasteiger partial charge in [0.15, 0.2) is 0 Å². The SMILES string of the molecule is COC(=O)[C@@H]1C(=O)NC(SCC(=O)Nc2ccc(C)cc2Br)=C(C#N)[C@@H]1c1cccc(Br)c1. The van der Waals surface area contributed by atoms with Crippen LogP contribution in [-0.2, 0) is 19.1 Å². The van der Waals surface area contributed by atoms with E-state index in [1.807, 2.05) is 19.1 Å². The van der Waals surface area contributed by atoms with Crippen LogP contribution in [0, 0.1) is 24.2 Å². The number of carbonyl (C=O) groups excluding carboxylic acids is 3. The van der Waals surface area contributed by atoms with Crippen LogP contribution in [0.5, 0.6) is 0 Å². The van der Waals surface area contributed by atoms with Crippen LogP contribution in [0.4, 0.5) is 5.69 Å². The molecule has 33 heavy (non-hydrogen) atoms. The fourth-order valence-corrected chi connectivity index (χ4v) is 5.28. The van der Waals surface area contributed by atoms with Crippen molar-refractivity contribution in [2.45, 2.75) is 12.8 Å². The maximum Gasteiger partial charge on any atom is 0.319 e. The molecule has 10 heteroatoms. The van der Waals surface area contributed by atoms with Crippen molar-refractivity contribution in [2.75, 3.05) is 18.2 Å². The lowest BCUT2D eigenvalue weighted by molar-refractivity contribution is -0.150. The first-order valence-corrected chi connectivity index (χ1v) is 12.3. The Morgan fingerprint density at radius 1 is 1.24 bits per heavy atom. The van der Waals surface area contributed by atoms with Gasteiger partial charge < -0.3 is 15.4 Å². The summed E-state index contributed by atoms with van der Waals surface area (Å²) in [5, 5.41) is 15.6. The largest absolute Gasteiger partial charge is 0.468 e. The van der Waals surface area contributed by atoms with Gasteiger partial charge in [-0.3, -0.25) is 14.4 Å². The first kappa shape index (κ1) is 25.0. The van der Waals surface area contributed by atoms with E-state index >= 15 is 0 Å². The van der Waals surface area contributed by atoms with Crippen molar-refractivity contribution >= 4 is 67.1 Å². The number of hydrogen-bond donors (Lipinski definition) is 2. The average molecular weight is 593 g/mol. The molecule has 170 valence electrons. The van der Waals surface area contributed by atoms with E-state index in [2.05, 4.69) is 48.6 Å². The zero-order chi connectivity index (χ0) is 24.1. The first-order valence-electron chi connectivity index (χ1n) is 9.72. The minimum Gasteiger partial charge on any atom is -0.468 e. The van der Waals surface area contributed by atoms with Gasteiger partial charge in [-0.15, -0.1) is 0 Å². The lowest BCUT2D eigenvalue weighted by atomic mass is 9.78. The van der Waals surface area contributed by atoms with Crippen LogP contribution >= 0.6 is 43.6 Å². The van der Waals surface area contributed by atoms with E-state index in [1.54, 1.807) is 30.3 Å². The van der Waals surface area contributed by atoms with E-state index in [4.69, 9.17) is 4.74 Å². The van der Waals surface area contributed by atoms with Crippen molar-refractivity contribution in [3.8, 4) is 6.07 Å². The molecule has 1 aliphatic rings. The number of hydrogen-bond acceptors (Lipinski definition) is 6. The predicted octanol–water partition coefficient (Wildman–Crippen LogP) is 4.63. The Morgan fingerprint density at radius 2 is 2.00 bits per heavy atom. The predicted molar refractivity (Wildman–Crippen MR) is 133 cm³/mol. The summed E-state index contributed by atoms with van der Waals surface area (Å²) in [5.74, 6) is -3.75. The van der Waals surface area contributed by atoms with E-state index in [0.29, 0.717) is 11.3 Å². The second kappa shape index (κ2) is 11.0. The van der Waals surface area contributed by atoms with Crippen LogP contribution in [0.1, 0.15) is 17.0 Å². The first-order chi connectivity index (χ1) is 15.7. The second-order valence-electron chi connectivity index (χ2n) is 7.20. The highest BCUT2D eigenvalue weighted by Gasteiger charge is 2.44. The lowest BCUT2D eigenvalue weighted by Crippen LogP contribution is -2.44. The number of nitrogens with zero attached hydrogens (tertiary/aromatic N) is 1. The van der Waals surface area contributed by atoms with Gasteiger partial charge in [-0.05, 0) is 58.2 Å². The Balaban J connectivity index is 1.89. The summed E-state index contributed by atoms with van der Waals surface area (Å²) in [5.41, 5.74) is 2.46. The van der Waals surface area contributed by atoms with Gasteiger partial charge >= 0.3 is 5.97 Å². The fourth-order valence-electron chi connectivity index (χ4n) is 3.43. The number of benzene rings is 2. The Morgan fingerprint density at radius 3 is 2.64 bits per heavy atom. The summed E-state index contributed by atoms with van der Waals surface area (Å²) in [7, 11) is 1.20. The number of allylic oxidation sites excluding steroid dienone is 1. The van der Waals surface area contributed by atoms with Crippen molar-refractivity contribution in [1.29, 1.82) is 5.26 Å². The number of nitriles is 1. The molecular formula is C23H19Br2N3O4S. The molecule has 2 atom stereocenters. The van der Waals surface area contributed by atoms with Crippen LogP contribution in [0.2, 0.25) is 0 Å². The number of nitrogens with one attached hydrogen (secondary N) is 2. The van der Waals surface area contributed by atoms with Crippen molar-refractivity contribution in [3.63, 3.8) is 0 Å². The molecule has 2 amide bonds. The number of thioether (sulfide) groups is 1. The molecule has 0 aromatic heterocycles. The average Bonchev–Trinajstić information content (AvgIpc) is 2.78. The molecule has 0 unspecified atom stereocenters. The smallest absolute Gasteiger partial charge is 0.319 e. The number of carbonyl (C=O) groups is 3. The number of amides is 2. The number of ether oxygens (including phenoxy) is 1. The van der Waals surface area contributed by atoms with Crippen LogP contribution < -0.4 is 10.6 Å². The third kappa shape index (κ3) is 5.85. The minimum absolute atomic E-state index is 0.0464. The number of aryl methyl sites for hydroxylation is 1. The highest BCUT2D eigenvalue weighted by Crippen LogP contribution is 2.40. The Labute approximate surface area is 212 Å². The monoisotopic (exact) mass is 591 g/mol. The van der Waals surface area contributed by atoms with Crippen molar-refractivity contribution in [1.82, 2.24) is 5.32 Å². The summed E-state index contributed by atoms with van der Waals surface area (Å²) in [6, 6.07) is 14.7. The molecule has 2 N–H and O–H groups in total. The number of methoxy groups -OCH3 is 1. The Hall–Kier alpha value is -2.61. The topological polar surface area (TPSA) is 108 Å². The van der Waals surface area contributed by atoms with Gasteiger partial charge in [0.1, 0.15) is 5.92 Å². The number of halogens is 2. The molecule has 3 rings (SSSR count). The van der Waals surface area contributed by atoms with Gasteiger partial charge in [-0.1, -0.05) is 45.9 Å². The van der Waals surface area contributed by atoms with Crippen LogP contribution in [0.25, 0.3) is 0 Å². The minimum atomic E-state index is -1.22. The molecule has 0 aliphatic carbocycles. The Kier molecular flexibility index (Phi) is 8.35. The lowest BCUT2D eigenvalue weighted by Gasteiger charge is -2.31. The van der Waals surface area contributed by atoms with Gasteiger partial charge in [0.25, 0.3) is 0 Å². The van der Waals surface area contributed by atoms with Crippen LogP contribution in [-0.4, -0.2) is 30.6 Å². The summed E-state index contributed by atoms with van der Waals surface area (Å²) in [4.78, 5) is 37.8. The zero-order valence-corrected chi connectivity index (χ0v) is 21.6. The molecule has 2 aromatic rings. The summed E-state index contributed by atoms with van der Waals surface area (Å²) in [6.07, 6.45) is 0. The van der Waals surface area contributed by atoms with E-state index in [9.17, 15) is 19.6 Å². The van der Waals surface area contributed by atoms with Gasteiger partial charge in [-0.25, -0.2) is 0 Å². The normalized spacial score (nSPS) is 17.7. The van der Waals surface area contributed by atoms with Gasteiger partial charge in [0, 0.05) is 14.9 Å². The third-order valence-electron chi connectivity index (χ3n) is 4.94. The van der Waals surface area contributed by atoms with Gasteiger partial charge in [0.05, 0.1) is 35.2 Å². The van der Waals surface area contributed by atoms with Crippen LogP contribution in [0.15, 0.2) is 62.0 Å². The molecule has 0 radical (unpaired) electrons. The van der Waals surface area contributed by atoms with Gasteiger partial charge in [-0.2, -0.15) is 5.26 Å². The number of rotatable bonds is 6. The molecule has 0 bridgehead atoms. The number of esters is 1. The van der Waals surface area contributed by atoms with Crippen LogP contribution in [0.3, 0.4) is 0 Å². The summed E-state index contributed by atoms with van der Waals surface area (Å²) < 4.78 is 6.32.